The van der Waals surface area contributed by atoms with Gasteiger partial charge in [-0.25, -0.2) is 8.42 Å². The number of aliphatic carboxylic acids is 1. The SMILES string of the molecule is CS(=O)(=O)c1ccc(C(=O)c2cc(CC(=O)O)cc3cc(C(F)(F)F)ccc23)cc1. The van der Waals surface area contributed by atoms with Crippen LogP contribution in [0.5, 0.6) is 0 Å². The fourth-order valence-electron chi connectivity index (χ4n) is 3.08. The van der Waals surface area contributed by atoms with Crippen molar-refractivity contribution in [3.63, 3.8) is 0 Å². The van der Waals surface area contributed by atoms with Gasteiger partial charge in [-0.2, -0.15) is 13.2 Å². The molecule has 0 amide bonds. The molecule has 0 saturated carbocycles. The lowest BCUT2D eigenvalue weighted by atomic mass is 9.93. The summed E-state index contributed by atoms with van der Waals surface area (Å²) in [6, 6.07) is 10.6. The molecule has 3 aromatic rings. The van der Waals surface area contributed by atoms with E-state index in [1.54, 1.807) is 0 Å². The Morgan fingerprint density at radius 1 is 0.967 bits per heavy atom. The first kappa shape index (κ1) is 21.5. The van der Waals surface area contributed by atoms with Crippen molar-refractivity contribution in [1.82, 2.24) is 0 Å². The molecular formula is C21H15F3O5S. The highest BCUT2D eigenvalue weighted by atomic mass is 32.2. The number of fused-ring (bicyclic) bond motifs is 1. The summed E-state index contributed by atoms with van der Waals surface area (Å²) in [6.45, 7) is 0. The van der Waals surface area contributed by atoms with Crippen molar-refractivity contribution >= 4 is 32.4 Å². The second-order valence-electron chi connectivity index (χ2n) is 6.77. The van der Waals surface area contributed by atoms with Crippen molar-refractivity contribution in [3.05, 3.63) is 76.9 Å². The molecule has 0 spiro atoms. The Morgan fingerprint density at radius 3 is 2.13 bits per heavy atom. The van der Waals surface area contributed by atoms with Crippen LogP contribution < -0.4 is 0 Å². The number of ketones is 1. The van der Waals surface area contributed by atoms with E-state index in [1.807, 2.05) is 0 Å². The minimum Gasteiger partial charge on any atom is -0.481 e. The molecule has 0 heterocycles. The van der Waals surface area contributed by atoms with E-state index in [2.05, 4.69) is 0 Å². The Hall–Kier alpha value is -3.20. The third-order valence-corrected chi connectivity index (χ3v) is 5.61. The summed E-state index contributed by atoms with van der Waals surface area (Å²) in [5.41, 5.74) is -0.593. The molecule has 5 nitrogen and oxygen atoms in total. The van der Waals surface area contributed by atoms with E-state index < -0.39 is 39.8 Å². The van der Waals surface area contributed by atoms with Gasteiger partial charge >= 0.3 is 12.1 Å². The van der Waals surface area contributed by atoms with E-state index in [9.17, 15) is 31.2 Å². The topological polar surface area (TPSA) is 88.5 Å². The number of hydrogen-bond acceptors (Lipinski definition) is 4. The van der Waals surface area contributed by atoms with Gasteiger partial charge < -0.3 is 5.11 Å². The fraction of sp³-hybridized carbons (Fsp3) is 0.143. The Balaban J connectivity index is 2.17. The summed E-state index contributed by atoms with van der Waals surface area (Å²) in [5, 5.41) is 9.37. The highest BCUT2D eigenvalue weighted by Crippen LogP contribution is 2.33. The van der Waals surface area contributed by atoms with E-state index in [-0.39, 0.29) is 32.4 Å². The van der Waals surface area contributed by atoms with Gasteiger partial charge in [0.15, 0.2) is 15.6 Å². The van der Waals surface area contributed by atoms with Crippen LogP contribution in [-0.4, -0.2) is 31.5 Å². The van der Waals surface area contributed by atoms with Gasteiger partial charge in [0.05, 0.1) is 16.9 Å². The quantitative estimate of drug-likeness (QED) is 0.608. The molecule has 30 heavy (non-hydrogen) atoms. The van der Waals surface area contributed by atoms with Crippen molar-refractivity contribution in [2.24, 2.45) is 0 Å². The highest BCUT2D eigenvalue weighted by Gasteiger charge is 2.30. The fourth-order valence-corrected chi connectivity index (χ4v) is 3.71. The summed E-state index contributed by atoms with van der Waals surface area (Å²) in [6.07, 6.45) is -4.05. The first-order valence-electron chi connectivity index (χ1n) is 8.57. The molecule has 9 heteroatoms. The number of alkyl halides is 3. The van der Waals surface area contributed by atoms with Gasteiger partial charge in [0.25, 0.3) is 0 Å². The number of carboxylic acid groups (broad SMARTS) is 1. The molecule has 0 aromatic heterocycles. The maximum Gasteiger partial charge on any atom is 0.416 e. The van der Waals surface area contributed by atoms with Crippen LogP contribution in [0.4, 0.5) is 13.2 Å². The molecule has 0 atom stereocenters. The second-order valence-corrected chi connectivity index (χ2v) is 8.79. The van der Waals surface area contributed by atoms with E-state index in [0.29, 0.717) is 0 Å². The van der Waals surface area contributed by atoms with Crippen LogP contribution in [0, 0.1) is 0 Å². The van der Waals surface area contributed by atoms with Crippen LogP contribution in [0.1, 0.15) is 27.0 Å². The maximum absolute atomic E-state index is 13.1. The minimum atomic E-state index is -4.59. The molecule has 0 fully saturated rings. The zero-order valence-electron chi connectivity index (χ0n) is 15.5. The maximum atomic E-state index is 13.1. The van der Waals surface area contributed by atoms with Gasteiger partial charge in [0.1, 0.15) is 0 Å². The smallest absolute Gasteiger partial charge is 0.416 e. The second kappa shape index (κ2) is 7.56. The average Bonchev–Trinajstić information content (AvgIpc) is 2.64. The average molecular weight is 436 g/mol. The summed E-state index contributed by atoms with van der Waals surface area (Å²) >= 11 is 0. The molecule has 0 radical (unpaired) electrons. The van der Waals surface area contributed by atoms with Gasteiger partial charge in [-0.15, -0.1) is 0 Å². The molecule has 0 aliphatic carbocycles. The Kier molecular flexibility index (Phi) is 5.42. The third kappa shape index (κ3) is 4.51. The van der Waals surface area contributed by atoms with Gasteiger partial charge in [-0.3, -0.25) is 9.59 Å². The van der Waals surface area contributed by atoms with Gasteiger partial charge in [-0.1, -0.05) is 12.1 Å². The number of carbonyl (C=O) groups excluding carboxylic acids is 1. The molecule has 0 aliphatic heterocycles. The molecule has 3 rings (SSSR count). The van der Waals surface area contributed by atoms with E-state index >= 15 is 0 Å². The first-order valence-corrected chi connectivity index (χ1v) is 10.5. The van der Waals surface area contributed by atoms with Gasteiger partial charge in [-0.05, 0) is 58.8 Å². The summed E-state index contributed by atoms with van der Waals surface area (Å²) in [4.78, 5) is 24.1. The lowest BCUT2D eigenvalue weighted by Gasteiger charge is -2.12. The zero-order chi connectivity index (χ0) is 22.3. The Labute approximate surface area is 169 Å². The summed E-state index contributed by atoms with van der Waals surface area (Å²) < 4.78 is 62.4. The number of benzene rings is 3. The van der Waals surface area contributed by atoms with Crippen molar-refractivity contribution < 1.29 is 36.3 Å². The standard InChI is InChI=1S/C21H15F3O5S/c1-30(28,29)16-5-2-13(3-6-16)20(27)18-9-12(10-19(25)26)8-14-11-15(21(22,23)24)4-7-17(14)18/h2-9,11H,10H2,1H3,(H,25,26). The molecule has 0 saturated heterocycles. The van der Waals surface area contributed by atoms with Gasteiger partial charge in [0.2, 0.25) is 0 Å². The summed E-state index contributed by atoms with van der Waals surface area (Å²) in [7, 11) is -3.47. The monoisotopic (exact) mass is 436 g/mol. The number of rotatable bonds is 5. The predicted octanol–water partition coefficient (Wildman–Crippen LogP) is 4.12. The number of sulfone groups is 1. The van der Waals surface area contributed by atoms with Crippen molar-refractivity contribution in [1.29, 1.82) is 0 Å². The van der Waals surface area contributed by atoms with Crippen LogP contribution in [0.25, 0.3) is 10.8 Å². The third-order valence-electron chi connectivity index (χ3n) is 4.48. The number of halogens is 3. The van der Waals surface area contributed by atoms with Crippen LogP contribution >= 0.6 is 0 Å². The largest absolute Gasteiger partial charge is 0.481 e. The van der Waals surface area contributed by atoms with Crippen LogP contribution in [0.15, 0.2) is 59.5 Å². The van der Waals surface area contributed by atoms with Crippen LogP contribution in [-0.2, 0) is 27.2 Å². The lowest BCUT2D eigenvalue weighted by molar-refractivity contribution is -0.138. The van der Waals surface area contributed by atoms with E-state index in [1.165, 1.54) is 42.5 Å². The first-order chi connectivity index (χ1) is 13.9. The van der Waals surface area contributed by atoms with E-state index in [0.717, 1.165) is 18.4 Å². The van der Waals surface area contributed by atoms with Gasteiger partial charge in [0, 0.05) is 17.4 Å². The van der Waals surface area contributed by atoms with E-state index in [4.69, 9.17) is 5.11 Å². The van der Waals surface area contributed by atoms with Crippen molar-refractivity contribution in [2.45, 2.75) is 17.5 Å². The van der Waals surface area contributed by atoms with Crippen molar-refractivity contribution in [3.8, 4) is 0 Å². The predicted molar refractivity (Wildman–Crippen MR) is 103 cm³/mol. The lowest BCUT2D eigenvalue weighted by Crippen LogP contribution is -2.08. The Morgan fingerprint density at radius 2 is 1.60 bits per heavy atom. The summed E-state index contributed by atoms with van der Waals surface area (Å²) in [5.74, 6) is -1.76. The van der Waals surface area contributed by atoms with Crippen LogP contribution in [0.2, 0.25) is 0 Å². The molecule has 0 aliphatic rings. The number of carboxylic acids is 1. The molecule has 0 unspecified atom stereocenters. The normalized spacial score (nSPS) is 12.1. The minimum absolute atomic E-state index is 0.0124. The zero-order valence-corrected chi connectivity index (χ0v) is 16.3. The molecule has 0 bridgehead atoms. The number of carbonyl (C=O) groups is 2. The molecule has 3 aromatic carbocycles. The Bertz CT molecular complexity index is 1260. The molecule has 156 valence electrons. The number of hydrogen-bond donors (Lipinski definition) is 1. The molecular weight excluding hydrogens is 421 g/mol. The molecule has 1 N–H and O–H groups in total. The van der Waals surface area contributed by atoms with Crippen LogP contribution in [0.3, 0.4) is 0 Å². The van der Waals surface area contributed by atoms with Crippen molar-refractivity contribution in [2.75, 3.05) is 6.26 Å². The highest BCUT2D eigenvalue weighted by molar-refractivity contribution is 7.90.